The van der Waals surface area contributed by atoms with Crippen LogP contribution in [0.15, 0.2) is 24.3 Å². The average molecular weight is 286 g/mol. The minimum Gasteiger partial charge on any atom is -0.507 e. The summed E-state index contributed by atoms with van der Waals surface area (Å²) < 4.78 is 0. The maximum atomic E-state index is 12.1. The highest BCUT2D eigenvalue weighted by Crippen LogP contribution is 2.17. The van der Waals surface area contributed by atoms with Crippen molar-refractivity contribution in [1.29, 1.82) is 0 Å². The normalized spacial score (nSPS) is 10.1. The van der Waals surface area contributed by atoms with Crippen LogP contribution in [0.5, 0.6) is 5.75 Å². The second-order valence-corrected chi connectivity index (χ2v) is 4.24. The molecule has 0 aliphatic rings. The van der Waals surface area contributed by atoms with Crippen molar-refractivity contribution in [3.05, 3.63) is 29.8 Å². The van der Waals surface area contributed by atoms with Crippen molar-refractivity contribution in [3.8, 4) is 5.75 Å². The van der Waals surface area contributed by atoms with Crippen LogP contribution in [0, 0.1) is 0 Å². The number of hydrogen-bond donors (Lipinski definition) is 1. The van der Waals surface area contributed by atoms with Crippen LogP contribution in [-0.2, 0) is 0 Å². The molecule has 0 atom stereocenters. The lowest BCUT2D eigenvalue weighted by Crippen LogP contribution is -2.32. The molecule has 0 aliphatic heterocycles. The first kappa shape index (κ1) is 13.0. The topological polar surface area (TPSA) is 40.5 Å². The molecule has 88 valence electrons. The van der Waals surface area contributed by atoms with Crippen molar-refractivity contribution in [2.24, 2.45) is 0 Å². The molecule has 0 saturated carbocycles. The van der Waals surface area contributed by atoms with Gasteiger partial charge in [0, 0.05) is 18.4 Å². The molecule has 0 spiro atoms. The van der Waals surface area contributed by atoms with E-state index in [0.29, 0.717) is 18.7 Å². The molecular weight excluding hydrogens is 270 g/mol. The van der Waals surface area contributed by atoms with Crippen LogP contribution in [0.2, 0.25) is 0 Å². The van der Waals surface area contributed by atoms with Crippen molar-refractivity contribution in [3.63, 3.8) is 0 Å². The molecule has 1 rings (SSSR count). The number of nitrogens with zero attached hydrogens (tertiary/aromatic N) is 1. The van der Waals surface area contributed by atoms with Gasteiger partial charge in [-0.3, -0.25) is 4.79 Å². The van der Waals surface area contributed by atoms with Crippen LogP contribution in [0.1, 0.15) is 23.7 Å². The molecule has 1 aromatic rings. The number of rotatable bonds is 5. The van der Waals surface area contributed by atoms with Crippen molar-refractivity contribution in [1.82, 2.24) is 4.90 Å². The Morgan fingerprint density at radius 3 is 2.69 bits per heavy atom. The van der Waals surface area contributed by atoms with Crippen LogP contribution in [0.3, 0.4) is 0 Å². The number of aromatic hydroxyl groups is 1. The molecule has 0 heterocycles. The molecule has 1 aromatic carbocycles. The highest BCUT2D eigenvalue weighted by atomic mass is 79.9. The van der Waals surface area contributed by atoms with Gasteiger partial charge in [0.05, 0.1) is 5.56 Å². The number of para-hydroxylation sites is 1. The SMILES string of the molecule is CCN(CCCBr)C(=O)c1ccccc1O. The minimum atomic E-state index is -0.110. The summed E-state index contributed by atoms with van der Waals surface area (Å²) in [6, 6.07) is 6.65. The predicted octanol–water partition coefficient (Wildman–Crippen LogP) is 2.64. The zero-order valence-corrected chi connectivity index (χ0v) is 10.9. The van der Waals surface area contributed by atoms with Gasteiger partial charge in [0.15, 0.2) is 0 Å². The molecule has 0 radical (unpaired) electrons. The van der Waals surface area contributed by atoms with Crippen LogP contribution >= 0.6 is 15.9 Å². The zero-order chi connectivity index (χ0) is 12.0. The van der Waals surface area contributed by atoms with E-state index in [4.69, 9.17) is 0 Å². The smallest absolute Gasteiger partial charge is 0.257 e. The number of benzene rings is 1. The molecule has 0 aliphatic carbocycles. The molecule has 0 saturated heterocycles. The van der Waals surface area contributed by atoms with Crippen molar-refractivity contribution in [2.75, 3.05) is 18.4 Å². The van der Waals surface area contributed by atoms with Gasteiger partial charge in [-0.05, 0) is 25.5 Å². The summed E-state index contributed by atoms with van der Waals surface area (Å²) in [6.07, 6.45) is 0.910. The Kier molecular flexibility index (Phi) is 5.32. The molecule has 0 aromatic heterocycles. The molecule has 3 nitrogen and oxygen atoms in total. The first-order valence-electron chi connectivity index (χ1n) is 5.34. The van der Waals surface area contributed by atoms with E-state index in [9.17, 15) is 9.90 Å². The maximum absolute atomic E-state index is 12.1. The molecule has 0 unspecified atom stereocenters. The molecule has 4 heteroatoms. The van der Waals surface area contributed by atoms with Crippen LogP contribution < -0.4 is 0 Å². The van der Waals surface area contributed by atoms with Gasteiger partial charge in [0.25, 0.3) is 5.91 Å². The van der Waals surface area contributed by atoms with E-state index in [2.05, 4.69) is 15.9 Å². The number of phenolic OH excluding ortho intramolecular Hbond substituents is 1. The van der Waals surface area contributed by atoms with Gasteiger partial charge in [-0.15, -0.1) is 0 Å². The van der Waals surface area contributed by atoms with E-state index < -0.39 is 0 Å². The molecule has 1 N–H and O–H groups in total. The fourth-order valence-electron chi connectivity index (χ4n) is 1.48. The molecule has 0 bridgehead atoms. The fraction of sp³-hybridized carbons (Fsp3) is 0.417. The Bertz CT molecular complexity index is 355. The molecule has 1 amide bonds. The quantitative estimate of drug-likeness (QED) is 0.845. The highest BCUT2D eigenvalue weighted by molar-refractivity contribution is 9.09. The van der Waals surface area contributed by atoms with Crippen molar-refractivity contribution in [2.45, 2.75) is 13.3 Å². The number of phenols is 1. The number of amides is 1. The van der Waals surface area contributed by atoms with Gasteiger partial charge in [-0.2, -0.15) is 0 Å². The van der Waals surface area contributed by atoms with E-state index in [-0.39, 0.29) is 11.7 Å². The van der Waals surface area contributed by atoms with E-state index in [0.717, 1.165) is 11.8 Å². The third kappa shape index (κ3) is 3.23. The number of carbonyl (C=O) groups is 1. The number of carbonyl (C=O) groups excluding carboxylic acids is 1. The van der Waals surface area contributed by atoms with Gasteiger partial charge in [0.2, 0.25) is 0 Å². The summed E-state index contributed by atoms with van der Waals surface area (Å²) in [7, 11) is 0. The summed E-state index contributed by atoms with van der Waals surface area (Å²) >= 11 is 3.34. The van der Waals surface area contributed by atoms with Gasteiger partial charge in [0.1, 0.15) is 5.75 Å². The summed E-state index contributed by atoms with van der Waals surface area (Å²) in [5.74, 6) is -0.0636. The van der Waals surface area contributed by atoms with E-state index in [1.165, 1.54) is 6.07 Å². The second-order valence-electron chi connectivity index (χ2n) is 3.44. The van der Waals surface area contributed by atoms with Gasteiger partial charge >= 0.3 is 0 Å². The number of alkyl halides is 1. The minimum absolute atomic E-state index is 0.0461. The van der Waals surface area contributed by atoms with Crippen LogP contribution in [-0.4, -0.2) is 34.3 Å². The van der Waals surface area contributed by atoms with Crippen molar-refractivity contribution >= 4 is 21.8 Å². The second kappa shape index (κ2) is 6.53. The van der Waals surface area contributed by atoms with Gasteiger partial charge in [-0.1, -0.05) is 28.1 Å². The first-order valence-corrected chi connectivity index (χ1v) is 6.46. The van der Waals surface area contributed by atoms with E-state index in [1.807, 2.05) is 6.92 Å². The predicted molar refractivity (Wildman–Crippen MR) is 68.1 cm³/mol. The fourth-order valence-corrected chi connectivity index (χ4v) is 1.73. The largest absolute Gasteiger partial charge is 0.507 e. The lowest BCUT2D eigenvalue weighted by Gasteiger charge is -2.20. The van der Waals surface area contributed by atoms with Crippen LogP contribution in [0.4, 0.5) is 0 Å². The summed E-state index contributed by atoms with van der Waals surface area (Å²) in [5, 5.41) is 10.5. The third-order valence-corrected chi connectivity index (χ3v) is 2.93. The Morgan fingerprint density at radius 2 is 2.12 bits per heavy atom. The molecule has 16 heavy (non-hydrogen) atoms. The Morgan fingerprint density at radius 1 is 1.44 bits per heavy atom. The Hall–Kier alpha value is -1.03. The van der Waals surface area contributed by atoms with Crippen molar-refractivity contribution < 1.29 is 9.90 Å². The zero-order valence-electron chi connectivity index (χ0n) is 9.32. The standard InChI is InChI=1S/C12H16BrNO2/c1-2-14(9-5-8-13)12(16)10-6-3-4-7-11(10)15/h3-4,6-7,15H,2,5,8-9H2,1H3. The first-order chi connectivity index (χ1) is 7.70. The molecular formula is C12H16BrNO2. The lowest BCUT2D eigenvalue weighted by atomic mass is 10.1. The van der Waals surface area contributed by atoms with E-state index in [1.54, 1.807) is 23.1 Å². The average Bonchev–Trinajstić information content (AvgIpc) is 2.30. The molecule has 0 fully saturated rings. The van der Waals surface area contributed by atoms with Crippen LogP contribution in [0.25, 0.3) is 0 Å². The monoisotopic (exact) mass is 285 g/mol. The summed E-state index contributed by atoms with van der Waals surface area (Å²) in [6.45, 7) is 3.29. The number of halogens is 1. The summed E-state index contributed by atoms with van der Waals surface area (Å²) in [5.41, 5.74) is 0.374. The van der Waals surface area contributed by atoms with Gasteiger partial charge in [-0.25, -0.2) is 0 Å². The van der Waals surface area contributed by atoms with E-state index >= 15 is 0 Å². The highest BCUT2D eigenvalue weighted by Gasteiger charge is 2.16. The Labute approximate surface area is 104 Å². The maximum Gasteiger partial charge on any atom is 0.257 e. The third-order valence-electron chi connectivity index (χ3n) is 2.37. The number of hydrogen-bond acceptors (Lipinski definition) is 2. The lowest BCUT2D eigenvalue weighted by molar-refractivity contribution is 0.0762. The summed E-state index contributed by atoms with van der Waals surface area (Å²) in [4.78, 5) is 13.8. The van der Waals surface area contributed by atoms with Gasteiger partial charge < -0.3 is 10.0 Å². The Balaban J connectivity index is 2.79.